The normalized spacial score (nSPS) is 11.2. The average molecular weight is 324 g/mol. The van der Waals surface area contributed by atoms with Crippen LogP contribution in [0.5, 0.6) is 5.75 Å². The fourth-order valence-electron chi connectivity index (χ4n) is 1.82. The molecule has 0 spiro atoms. The molecule has 1 aromatic heterocycles. The molecule has 0 saturated carbocycles. The molecular weight excluding hydrogens is 307 g/mol. The van der Waals surface area contributed by atoms with Crippen molar-refractivity contribution in [2.75, 3.05) is 24.7 Å². The summed E-state index contributed by atoms with van der Waals surface area (Å²) in [5.74, 6) is 0.625. The number of sulfone groups is 1. The van der Waals surface area contributed by atoms with Crippen molar-refractivity contribution < 1.29 is 17.5 Å². The Bertz CT molecular complexity index is 718. The predicted molar refractivity (Wildman–Crippen MR) is 82.3 cm³/mol. The molecule has 0 fully saturated rings. The Labute approximate surface area is 129 Å². The number of ether oxygens (including phenoxy) is 1. The van der Waals surface area contributed by atoms with E-state index in [9.17, 15) is 12.8 Å². The third-order valence-electron chi connectivity index (χ3n) is 2.87. The lowest BCUT2D eigenvalue weighted by Gasteiger charge is -2.10. The van der Waals surface area contributed by atoms with E-state index in [4.69, 9.17) is 4.74 Å². The first kappa shape index (κ1) is 16.2. The highest BCUT2D eigenvalue weighted by Gasteiger charge is 2.13. The van der Waals surface area contributed by atoms with Crippen molar-refractivity contribution in [2.24, 2.45) is 0 Å². The van der Waals surface area contributed by atoms with Crippen LogP contribution in [0.4, 0.5) is 10.2 Å². The quantitative estimate of drug-likeness (QED) is 0.793. The number of pyridine rings is 1. The molecule has 0 aliphatic rings. The Hall–Kier alpha value is -2.15. The topological polar surface area (TPSA) is 68.3 Å². The summed E-state index contributed by atoms with van der Waals surface area (Å²) in [4.78, 5) is 4.21. The third-order valence-corrected chi connectivity index (χ3v) is 3.99. The second kappa shape index (κ2) is 7.22. The highest BCUT2D eigenvalue weighted by Crippen LogP contribution is 2.17. The highest BCUT2D eigenvalue weighted by atomic mass is 32.2. The van der Waals surface area contributed by atoms with Crippen molar-refractivity contribution in [3.05, 3.63) is 48.4 Å². The van der Waals surface area contributed by atoms with Crippen LogP contribution in [0.2, 0.25) is 0 Å². The lowest BCUT2D eigenvalue weighted by molar-refractivity contribution is 0.314. The van der Waals surface area contributed by atoms with Crippen molar-refractivity contribution in [1.82, 2.24) is 4.98 Å². The van der Waals surface area contributed by atoms with Crippen LogP contribution < -0.4 is 10.1 Å². The van der Waals surface area contributed by atoms with E-state index in [0.717, 1.165) is 6.26 Å². The zero-order chi connectivity index (χ0) is 16.0. The number of anilines is 1. The number of aromatic nitrogens is 1. The molecule has 118 valence electrons. The van der Waals surface area contributed by atoms with E-state index in [-0.39, 0.29) is 10.7 Å². The van der Waals surface area contributed by atoms with Crippen molar-refractivity contribution in [3.63, 3.8) is 0 Å². The second-order valence-electron chi connectivity index (χ2n) is 4.71. The monoisotopic (exact) mass is 324 g/mol. The molecule has 0 aliphatic heterocycles. The van der Waals surface area contributed by atoms with Gasteiger partial charge in [-0.15, -0.1) is 0 Å². The summed E-state index contributed by atoms with van der Waals surface area (Å²) in [6.45, 7) is 0.945. The molecule has 0 aliphatic carbocycles. The van der Waals surface area contributed by atoms with E-state index >= 15 is 0 Å². The molecule has 0 saturated heterocycles. The smallest absolute Gasteiger partial charge is 0.179 e. The average Bonchev–Trinajstić information content (AvgIpc) is 2.48. The fourth-order valence-corrected chi connectivity index (χ4v) is 2.62. The SMILES string of the molecule is CS(=O)(=O)c1cccnc1NCCCOc1ccc(F)cc1. The van der Waals surface area contributed by atoms with E-state index in [1.807, 2.05) is 0 Å². The number of nitrogens with zero attached hydrogens (tertiary/aromatic N) is 1. The largest absolute Gasteiger partial charge is 0.494 e. The lowest BCUT2D eigenvalue weighted by Crippen LogP contribution is -2.11. The van der Waals surface area contributed by atoms with E-state index in [2.05, 4.69) is 10.3 Å². The Morgan fingerprint density at radius 1 is 1.23 bits per heavy atom. The molecule has 22 heavy (non-hydrogen) atoms. The Balaban J connectivity index is 1.81. The number of hydrogen-bond donors (Lipinski definition) is 1. The van der Waals surface area contributed by atoms with Crippen LogP contribution in [0.1, 0.15) is 6.42 Å². The molecule has 2 rings (SSSR count). The maximum absolute atomic E-state index is 12.7. The molecule has 1 N–H and O–H groups in total. The summed E-state index contributed by atoms with van der Waals surface area (Å²) in [5, 5.41) is 2.98. The van der Waals surface area contributed by atoms with Gasteiger partial charge in [0, 0.05) is 19.0 Å². The highest BCUT2D eigenvalue weighted by molar-refractivity contribution is 7.90. The van der Waals surface area contributed by atoms with E-state index in [0.29, 0.717) is 31.1 Å². The molecule has 1 aromatic carbocycles. The summed E-state index contributed by atoms with van der Waals surface area (Å²) >= 11 is 0. The van der Waals surface area contributed by atoms with Gasteiger partial charge in [-0.05, 0) is 42.8 Å². The molecular formula is C15H17FN2O3S. The zero-order valence-electron chi connectivity index (χ0n) is 12.1. The number of hydrogen-bond acceptors (Lipinski definition) is 5. The summed E-state index contributed by atoms with van der Waals surface area (Å²) in [7, 11) is -3.32. The van der Waals surface area contributed by atoms with Crippen molar-refractivity contribution in [2.45, 2.75) is 11.3 Å². The molecule has 0 amide bonds. The first-order valence-electron chi connectivity index (χ1n) is 6.74. The van der Waals surface area contributed by atoms with Crippen LogP contribution in [0.3, 0.4) is 0 Å². The van der Waals surface area contributed by atoms with Crippen LogP contribution >= 0.6 is 0 Å². The first-order valence-corrected chi connectivity index (χ1v) is 8.63. The summed E-state index contributed by atoms with van der Waals surface area (Å²) in [6, 6.07) is 8.88. The number of rotatable bonds is 7. The molecule has 0 unspecified atom stereocenters. The summed E-state index contributed by atoms with van der Waals surface area (Å²) < 4.78 is 41.4. The van der Waals surface area contributed by atoms with Crippen LogP contribution in [0, 0.1) is 5.82 Å². The molecule has 0 atom stereocenters. The first-order chi connectivity index (χ1) is 10.5. The molecule has 0 radical (unpaired) electrons. The van der Waals surface area contributed by atoms with Crippen LogP contribution in [0.25, 0.3) is 0 Å². The van der Waals surface area contributed by atoms with Gasteiger partial charge in [0.25, 0.3) is 0 Å². The molecule has 5 nitrogen and oxygen atoms in total. The van der Waals surface area contributed by atoms with E-state index in [1.54, 1.807) is 18.2 Å². The van der Waals surface area contributed by atoms with E-state index < -0.39 is 9.84 Å². The van der Waals surface area contributed by atoms with Gasteiger partial charge < -0.3 is 10.1 Å². The summed E-state index contributed by atoms with van der Waals surface area (Å²) in [6.07, 6.45) is 3.33. The van der Waals surface area contributed by atoms with Gasteiger partial charge in [0.2, 0.25) is 0 Å². The van der Waals surface area contributed by atoms with Crippen molar-refractivity contribution in [1.29, 1.82) is 0 Å². The van der Waals surface area contributed by atoms with Crippen LogP contribution in [0.15, 0.2) is 47.5 Å². The van der Waals surface area contributed by atoms with Crippen LogP contribution in [-0.2, 0) is 9.84 Å². The minimum absolute atomic E-state index is 0.175. The number of halogens is 1. The van der Waals surface area contributed by atoms with E-state index in [1.165, 1.54) is 24.4 Å². The Kier molecular flexibility index (Phi) is 5.32. The standard InChI is InChI=1S/C15H17FN2O3S/c1-22(19,20)14-4-2-9-17-15(14)18-10-3-11-21-13-7-5-12(16)6-8-13/h2,4-9H,3,10-11H2,1H3,(H,17,18). The van der Waals surface area contributed by atoms with Crippen LogP contribution in [-0.4, -0.2) is 32.8 Å². The van der Waals surface area contributed by atoms with Gasteiger partial charge in [0.05, 0.1) is 6.61 Å². The number of nitrogens with one attached hydrogen (secondary N) is 1. The van der Waals surface area contributed by atoms with Gasteiger partial charge in [-0.3, -0.25) is 0 Å². The minimum Gasteiger partial charge on any atom is -0.494 e. The van der Waals surface area contributed by atoms with Gasteiger partial charge in [0.1, 0.15) is 22.3 Å². The summed E-state index contributed by atoms with van der Waals surface area (Å²) in [5.41, 5.74) is 0. The van der Waals surface area contributed by atoms with Gasteiger partial charge in [0.15, 0.2) is 9.84 Å². The molecule has 2 aromatic rings. The minimum atomic E-state index is -3.32. The maximum atomic E-state index is 12.7. The van der Waals surface area contributed by atoms with Crippen molar-refractivity contribution >= 4 is 15.7 Å². The molecule has 1 heterocycles. The zero-order valence-corrected chi connectivity index (χ0v) is 12.9. The van der Waals surface area contributed by atoms with Gasteiger partial charge in [-0.25, -0.2) is 17.8 Å². The third kappa shape index (κ3) is 4.70. The van der Waals surface area contributed by atoms with Gasteiger partial charge in [-0.2, -0.15) is 0 Å². The predicted octanol–water partition coefficient (Wildman–Crippen LogP) is 2.51. The fraction of sp³-hybridized carbons (Fsp3) is 0.267. The van der Waals surface area contributed by atoms with Gasteiger partial charge in [-0.1, -0.05) is 0 Å². The molecule has 7 heteroatoms. The Morgan fingerprint density at radius 3 is 2.64 bits per heavy atom. The lowest BCUT2D eigenvalue weighted by atomic mass is 10.3. The molecule has 0 bridgehead atoms. The second-order valence-corrected chi connectivity index (χ2v) is 6.69. The van der Waals surface area contributed by atoms with Gasteiger partial charge >= 0.3 is 0 Å². The maximum Gasteiger partial charge on any atom is 0.179 e. The van der Waals surface area contributed by atoms with Crippen molar-refractivity contribution in [3.8, 4) is 5.75 Å². The number of benzene rings is 1. The Morgan fingerprint density at radius 2 is 1.95 bits per heavy atom.